The second-order valence-corrected chi connectivity index (χ2v) is 7.92. The van der Waals surface area contributed by atoms with E-state index < -0.39 is 0 Å². The van der Waals surface area contributed by atoms with Crippen molar-refractivity contribution in [3.05, 3.63) is 47.9 Å². The van der Waals surface area contributed by atoms with Crippen molar-refractivity contribution in [2.75, 3.05) is 31.6 Å². The number of carbonyl (C=O) groups is 1. The molecule has 4 heterocycles. The molecule has 0 radical (unpaired) electrons. The molecule has 7 nitrogen and oxygen atoms in total. The van der Waals surface area contributed by atoms with Gasteiger partial charge in [0.25, 0.3) is 0 Å². The van der Waals surface area contributed by atoms with Crippen LogP contribution in [-0.2, 0) is 11.3 Å². The van der Waals surface area contributed by atoms with E-state index in [9.17, 15) is 10.1 Å². The molecule has 2 saturated heterocycles. The molecule has 0 atom stereocenters. The molecule has 0 aliphatic carbocycles. The fraction of sp³-hybridized carbons (Fsp3) is 0.455. The van der Waals surface area contributed by atoms with Gasteiger partial charge < -0.3 is 14.5 Å². The first-order chi connectivity index (χ1) is 14.1. The van der Waals surface area contributed by atoms with Crippen molar-refractivity contribution in [1.29, 1.82) is 5.26 Å². The molecule has 2 aromatic rings. The van der Waals surface area contributed by atoms with Crippen molar-refractivity contribution in [3.8, 4) is 11.9 Å². The average Bonchev–Trinajstić information content (AvgIpc) is 2.77. The number of rotatable bonds is 4. The van der Waals surface area contributed by atoms with Gasteiger partial charge in [0.2, 0.25) is 11.8 Å². The Labute approximate surface area is 170 Å². The van der Waals surface area contributed by atoms with Crippen molar-refractivity contribution >= 4 is 11.6 Å². The molecule has 150 valence electrons. The van der Waals surface area contributed by atoms with Crippen LogP contribution in [0.1, 0.15) is 36.8 Å². The summed E-state index contributed by atoms with van der Waals surface area (Å²) in [4.78, 5) is 25.1. The summed E-state index contributed by atoms with van der Waals surface area (Å²) in [7, 11) is 1.54. The second-order valence-electron chi connectivity index (χ2n) is 7.92. The summed E-state index contributed by atoms with van der Waals surface area (Å²) in [5.41, 5.74) is 2.59. The molecule has 2 fully saturated rings. The minimum atomic E-state index is 0.149. The normalized spacial score (nSPS) is 18.6. The molecule has 7 heteroatoms. The molecule has 0 unspecified atom stereocenters. The van der Waals surface area contributed by atoms with Crippen LogP contribution in [0.25, 0.3) is 0 Å². The summed E-state index contributed by atoms with van der Waals surface area (Å²) >= 11 is 0. The zero-order chi connectivity index (χ0) is 20.3. The SMILES string of the molecule is COc1nccc(N2CCC3(CCC(=O)N(Cc4cccnc4)C3)CC2)c1C#N. The Morgan fingerprint density at radius 3 is 2.76 bits per heavy atom. The van der Waals surface area contributed by atoms with Crippen LogP contribution in [0.3, 0.4) is 0 Å². The molecule has 0 bridgehead atoms. The lowest BCUT2D eigenvalue weighted by molar-refractivity contribution is -0.139. The van der Waals surface area contributed by atoms with E-state index in [0.717, 1.165) is 50.1 Å². The van der Waals surface area contributed by atoms with E-state index in [1.807, 2.05) is 29.3 Å². The number of carbonyl (C=O) groups excluding carboxylic acids is 1. The number of ether oxygens (including phenoxy) is 1. The number of nitrogens with zero attached hydrogens (tertiary/aromatic N) is 5. The monoisotopic (exact) mass is 391 g/mol. The summed E-state index contributed by atoms with van der Waals surface area (Å²) in [6.45, 7) is 3.13. The van der Waals surface area contributed by atoms with Gasteiger partial charge in [-0.05, 0) is 42.4 Å². The number of likely N-dealkylation sites (tertiary alicyclic amines) is 1. The minimum Gasteiger partial charge on any atom is -0.480 e. The number of hydrogen-bond acceptors (Lipinski definition) is 6. The highest BCUT2D eigenvalue weighted by molar-refractivity contribution is 5.77. The van der Waals surface area contributed by atoms with E-state index in [0.29, 0.717) is 24.4 Å². The van der Waals surface area contributed by atoms with Crippen LogP contribution in [0.2, 0.25) is 0 Å². The Hall–Kier alpha value is -3.14. The van der Waals surface area contributed by atoms with Gasteiger partial charge in [0, 0.05) is 51.2 Å². The van der Waals surface area contributed by atoms with E-state index in [2.05, 4.69) is 20.9 Å². The molecular weight excluding hydrogens is 366 g/mol. The fourth-order valence-electron chi connectivity index (χ4n) is 4.54. The largest absolute Gasteiger partial charge is 0.480 e. The third-order valence-electron chi connectivity index (χ3n) is 6.21. The zero-order valence-electron chi connectivity index (χ0n) is 16.7. The molecule has 0 saturated carbocycles. The van der Waals surface area contributed by atoms with E-state index in [4.69, 9.17) is 4.74 Å². The van der Waals surface area contributed by atoms with Crippen LogP contribution in [0.5, 0.6) is 5.88 Å². The van der Waals surface area contributed by atoms with Gasteiger partial charge in [0.1, 0.15) is 11.6 Å². The number of anilines is 1. The van der Waals surface area contributed by atoms with E-state index in [1.54, 1.807) is 12.4 Å². The van der Waals surface area contributed by atoms with Crippen molar-refractivity contribution < 1.29 is 9.53 Å². The Balaban J connectivity index is 1.46. The standard InChI is InChI=1S/C22H25N5O2/c1-29-21-18(13-23)19(5-10-25-21)26-11-7-22(8-12-26)6-4-20(28)27(16-22)15-17-3-2-9-24-14-17/h2-3,5,9-10,14H,4,6-8,11-12,15-16H2,1H3. The van der Waals surface area contributed by atoms with Gasteiger partial charge in [0.05, 0.1) is 12.8 Å². The molecule has 1 amide bonds. The number of hydrogen-bond donors (Lipinski definition) is 0. The maximum atomic E-state index is 12.5. The molecule has 29 heavy (non-hydrogen) atoms. The van der Waals surface area contributed by atoms with E-state index in [-0.39, 0.29) is 11.3 Å². The first-order valence-electron chi connectivity index (χ1n) is 9.99. The van der Waals surface area contributed by atoms with Crippen LogP contribution in [-0.4, -0.2) is 47.5 Å². The van der Waals surface area contributed by atoms with Gasteiger partial charge in [-0.1, -0.05) is 6.07 Å². The molecule has 0 aromatic carbocycles. The van der Waals surface area contributed by atoms with Crippen LogP contribution >= 0.6 is 0 Å². The molecule has 2 aliphatic heterocycles. The summed E-state index contributed by atoms with van der Waals surface area (Å²) in [5, 5.41) is 9.56. The highest BCUT2D eigenvalue weighted by Gasteiger charge is 2.41. The van der Waals surface area contributed by atoms with Crippen LogP contribution in [0.15, 0.2) is 36.8 Å². The van der Waals surface area contributed by atoms with Gasteiger partial charge in [0.15, 0.2) is 0 Å². The van der Waals surface area contributed by atoms with Gasteiger partial charge >= 0.3 is 0 Å². The predicted molar refractivity (Wildman–Crippen MR) is 108 cm³/mol. The third kappa shape index (κ3) is 3.88. The Kier molecular flexibility index (Phi) is 5.34. The fourth-order valence-corrected chi connectivity index (χ4v) is 4.54. The molecule has 0 N–H and O–H groups in total. The van der Waals surface area contributed by atoms with Gasteiger partial charge in [-0.15, -0.1) is 0 Å². The first kappa shape index (κ1) is 19.2. The van der Waals surface area contributed by atoms with Crippen LogP contribution in [0, 0.1) is 16.7 Å². The van der Waals surface area contributed by atoms with Crippen molar-refractivity contribution in [2.45, 2.75) is 32.2 Å². The Morgan fingerprint density at radius 2 is 2.07 bits per heavy atom. The van der Waals surface area contributed by atoms with Crippen LogP contribution in [0.4, 0.5) is 5.69 Å². The third-order valence-corrected chi connectivity index (χ3v) is 6.21. The van der Waals surface area contributed by atoms with Crippen molar-refractivity contribution in [3.63, 3.8) is 0 Å². The predicted octanol–water partition coefficient (Wildman–Crippen LogP) is 2.77. The summed E-state index contributed by atoms with van der Waals surface area (Å²) in [6, 6.07) is 8.05. The number of amides is 1. The molecule has 1 spiro atoms. The quantitative estimate of drug-likeness (QED) is 0.797. The number of methoxy groups -OCH3 is 1. The summed E-state index contributed by atoms with van der Waals surface area (Å²) in [6.07, 6.45) is 8.81. The van der Waals surface area contributed by atoms with Crippen LogP contribution < -0.4 is 9.64 Å². The summed E-state index contributed by atoms with van der Waals surface area (Å²) in [5.74, 6) is 0.601. The lowest BCUT2D eigenvalue weighted by Crippen LogP contribution is -2.51. The minimum absolute atomic E-state index is 0.149. The highest BCUT2D eigenvalue weighted by atomic mass is 16.5. The highest BCUT2D eigenvalue weighted by Crippen LogP contribution is 2.42. The van der Waals surface area contributed by atoms with E-state index >= 15 is 0 Å². The molecule has 2 aromatic heterocycles. The lowest BCUT2D eigenvalue weighted by atomic mass is 9.72. The van der Waals surface area contributed by atoms with Gasteiger partial charge in [-0.25, -0.2) is 4.98 Å². The van der Waals surface area contributed by atoms with Crippen molar-refractivity contribution in [2.24, 2.45) is 5.41 Å². The Bertz CT molecular complexity index is 917. The smallest absolute Gasteiger partial charge is 0.233 e. The Morgan fingerprint density at radius 1 is 1.24 bits per heavy atom. The molecule has 2 aliphatic rings. The maximum absolute atomic E-state index is 12.5. The average molecular weight is 391 g/mol. The van der Waals surface area contributed by atoms with Gasteiger partial charge in [-0.3, -0.25) is 9.78 Å². The molecule has 4 rings (SSSR count). The van der Waals surface area contributed by atoms with E-state index in [1.165, 1.54) is 7.11 Å². The van der Waals surface area contributed by atoms with Crippen molar-refractivity contribution in [1.82, 2.24) is 14.9 Å². The maximum Gasteiger partial charge on any atom is 0.233 e. The lowest BCUT2D eigenvalue weighted by Gasteiger charge is -2.48. The first-order valence-corrected chi connectivity index (χ1v) is 9.99. The summed E-state index contributed by atoms with van der Waals surface area (Å²) < 4.78 is 5.25. The second kappa shape index (κ2) is 8.08. The van der Waals surface area contributed by atoms with Gasteiger partial charge in [-0.2, -0.15) is 5.26 Å². The molecular formula is C22H25N5O2. The number of piperidine rings is 2. The number of pyridine rings is 2. The number of nitriles is 1. The number of aromatic nitrogens is 2. The zero-order valence-corrected chi connectivity index (χ0v) is 16.7. The topological polar surface area (TPSA) is 82.3 Å².